The quantitative estimate of drug-likeness (QED) is 0.443. The van der Waals surface area contributed by atoms with Gasteiger partial charge in [0.15, 0.2) is 0 Å². The standard InChI is InChI=1S/C25H33Cl2N3O4S/c1-6-18(4)28-25(32)23(7-2)29(15-20-21(26)12-9-13-22(20)27)24(31)16-30(35(5,33)34)19-11-8-10-17(3)14-19/h8-14,18,23H,6-7,15-16H2,1-5H3,(H,28,32)/t18-,23+/m0/s1. The van der Waals surface area contributed by atoms with E-state index in [0.29, 0.717) is 27.7 Å². The van der Waals surface area contributed by atoms with Crippen LogP contribution in [0.3, 0.4) is 0 Å². The Kier molecular flexibility index (Phi) is 10.4. The molecule has 2 aromatic carbocycles. The fourth-order valence-corrected chi connectivity index (χ4v) is 4.97. The van der Waals surface area contributed by atoms with Gasteiger partial charge < -0.3 is 10.2 Å². The van der Waals surface area contributed by atoms with Crippen molar-refractivity contribution in [3.8, 4) is 0 Å². The smallest absolute Gasteiger partial charge is 0.244 e. The van der Waals surface area contributed by atoms with Gasteiger partial charge in [0.1, 0.15) is 12.6 Å². The lowest BCUT2D eigenvalue weighted by atomic mass is 10.1. The van der Waals surface area contributed by atoms with E-state index in [1.807, 2.05) is 26.8 Å². The molecule has 35 heavy (non-hydrogen) atoms. The van der Waals surface area contributed by atoms with Crippen LogP contribution in [0, 0.1) is 6.92 Å². The first-order valence-corrected chi connectivity index (χ1v) is 14.1. The molecule has 1 N–H and O–H groups in total. The summed E-state index contributed by atoms with van der Waals surface area (Å²) in [6, 6.07) is 11.0. The highest BCUT2D eigenvalue weighted by molar-refractivity contribution is 7.92. The van der Waals surface area contributed by atoms with Crippen LogP contribution in [-0.4, -0.2) is 50.0 Å². The van der Waals surface area contributed by atoms with Crippen LogP contribution in [0.4, 0.5) is 5.69 Å². The van der Waals surface area contributed by atoms with Crippen molar-refractivity contribution in [1.29, 1.82) is 0 Å². The lowest BCUT2D eigenvalue weighted by Crippen LogP contribution is -2.53. The van der Waals surface area contributed by atoms with Gasteiger partial charge in [-0.15, -0.1) is 0 Å². The number of hydrogen-bond donors (Lipinski definition) is 1. The van der Waals surface area contributed by atoms with E-state index in [9.17, 15) is 18.0 Å². The number of rotatable bonds is 11. The Balaban J connectivity index is 2.50. The van der Waals surface area contributed by atoms with E-state index < -0.39 is 28.5 Å². The van der Waals surface area contributed by atoms with Crippen LogP contribution in [0.15, 0.2) is 42.5 Å². The summed E-state index contributed by atoms with van der Waals surface area (Å²) < 4.78 is 26.4. The maximum atomic E-state index is 13.7. The van der Waals surface area contributed by atoms with Gasteiger partial charge >= 0.3 is 0 Å². The third-order valence-corrected chi connectivity index (χ3v) is 7.59. The second-order valence-electron chi connectivity index (χ2n) is 8.57. The molecule has 0 aromatic heterocycles. The molecule has 0 aliphatic heterocycles. The molecule has 7 nitrogen and oxygen atoms in total. The molecule has 0 saturated carbocycles. The summed E-state index contributed by atoms with van der Waals surface area (Å²) in [5.41, 5.74) is 1.71. The summed E-state index contributed by atoms with van der Waals surface area (Å²) in [5.74, 6) is -0.862. The highest BCUT2D eigenvalue weighted by Crippen LogP contribution is 2.28. The lowest BCUT2D eigenvalue weighted by molar-refractivity contribution is -0.140. The molecule has 0 aliphatic rings. The first-order valence-electron chi connectivity index (χ1n) is 11.5. The topological polar surface area (TPSA) is 86.8 Å². The van der Waals surface area contributed by atoms with E-state index in [0.717, 1.165) is 22.5 Å². The molecule has 2 rings (SSSR count). The summed E-state index contributed by atoms with van der Waals surface area (Å²) in [5, 5.41) is 3.63. The average Bonchev–Trinajstić information content (AvgIpc) is 2.78. The van der Waals surface area contributed by atoms with E-state index in [2.05, 4.69) is 5.32 Å². The third-order valence-electron chi connectivity index (χ3n) is 5.75. The minimum Gasteiger partial charge on any atom is -0.352 e. The molecule has 0 heterocycles. The molecule has 2 aromatic rings. The molecule has 0 radical (unpaired) electrons. The highest BCUT2D eigenvalue weighted by Gasteiger charge is 2.32. The number of halogens is 2. The van der Waals surface area contributed by atoms with E-state index in [4.69, 9.17) is 23.2 Å². The van der Waals surface area contributed by atoms with Crippen LogP contribution >= 0.6 is 23.2 Å². The maximum absolute atomic E-state index is 13.7. The normalized spacial score (nSPS) is 13.1. The number of benzene rings is 2. The Labute approximate surface area is 218 Å². The maximum Gasteiger partial charge on any atom is 0.244 e. The van der Waals surface area contributed by atoms with Gasteiger partial charge in [-0.05, 0) is 56.5 Å². The number of carbonyl (C=O) groups is 2. The summed E-state index contributed by atoms with van der Waals surface area (Å²) in [6.45, 7) is 6.94. The third kappa shape index (κ3) is 7.85. The molecule has 192 valence electrons. The van der Waals surface area contributed by atoms with Crippen LogP contribution in [-0.2, 0) is 26.2 Å². The molecule has 0 unspecified atom stereocenters. The van der Waals surface area contributed by atoms with E-state index >= 15 is 0 Å². The number of nitrogens with one attached hydrogen (secondary N) is 1. The van der Waals surface area contributed by atoms with E-state index in [1.165, 1.54) is 4.90 Å². The van der Waals surface area contributed by atoms with Crippen molar-refractivity contribution in [3.63, 3.8) is 0 Å². The fraction of sp³-hybridized carbons (Fsp3) is 0.440. The molecule has 0 saturated heterocycles. The van der Waals surface area contributed by atoms with Gasteiger partial charge in [0.05, 0.1) is 11.9 Å². The van der Waals surface area contributed by atoms with Crippen molar-refractivity contribution in [2.75, 3.05) is 17.1 Å². The molecule has 2 atom stereocenters. The van der Waals surface area contributed by atoms with Crippen molar-refractivity contribution in [3.05, 3.63) is 63.6 Å². The number of anilines is 1. The van der Waals surface area contributed by atoms with Crippen LogP contribution in [0.5, 0.6) is 0 Å². The molecular formula is C25H33Cl2N3O4S. The van der Waals surface area contributed by atoms with Gasteiger partial charge in [0, 0.05) is 28.2 Å². The summed E-state index contributed by atoms with van der Waals surface area (Å²) in [4.78, 5) is 28.2. The number of sulfonamides is 1. The van der Waals surface area contributed by atoms with Gasteiger partial charge in [0.25, 0.3) is 0 Å². The highest BCUT2D eigenvalue weighted by atomic mass is 35.5. The Morgan fingerprint density at radius 2 is 1.63 bits per heavy atom. The predicted octanol–water partition coefficient (Wildman–Crippen LogP) is 4.79. The number of carbonyl (C=O) groups excluding carboxylic acids is 2. The van der Waals surface area contributed by atoms with Gasteiger partial charge in [-0.2, -0.15) is 0 Å². The van der Waals surface area contributed by atoms with Gasteiger partial charge in [0.2, 0.25) is 21.8 Å². The van der Waals surface area contributed by atoms with Gasteiger partial charge in [-0.1, -0.05) is 55.2 Å². The first-order chi connectivity index (χ1) is 16.4. The van der Waals surface area contributed by atoms with Crippen LogP contribution in [0.1, 0.15) is 44.7 Å². The zero-order chi connectivity index (χ0) is 26.3. The monoisotopic (exact) mass is 541 g/mol. The minimum absolute atomic E-state index is 0.0464. The second-order valence-corrected chi connectivity index (χ2v) is 11.3. The van der Waals surface area contributed by atoms with Gasteiger partial charge in [-0.3, -0.25) is 13.9 Å². The lowest BCUT2D eigenvalue weighted by Gasteiger charge is -2.33. The van der Waals surface area contributed by atoms with Crippen LogP contribution in [0.2, 0.25) is 10.0 Å². The first kappa shape index (κ1) is 28.9. The Morgan fingerprint density at radius 3 is 2.14 bits per heavy atom. The Hall–Kier alpha value is -2.29. The molecule has 0 aliphatic carbocycles. The SMILES string of the molecule is CC[C@H](C(=O)N[C@@H](C)CC)N(Cc1c(Cl)cccc1Cl)C(=O)CN(c1cccc(C)c1)S(C)(=O)=O. The van der Waals surface area contributed by atoms with Crippen molar-refractivity contribution >= 4 is 50.7 Å². The number of aryl methyl sites for hydroxylation is 1. The Morgan fingerprint density at radius 1 is 1.03 bits per heavy atom. The van der Waals surface area contributed by atoms with Crippen molar-refractivity contribution < 1.29 is 18.0 Å². The molecular weight excluding hydrogens is 509 g/mol. The average molecular weight is 543 g/mol. The summed E-state index contributed by atoms with van der Waals surface area (Å²) in [7, 11) is -3.79. The van der Waals surface area contributed by atoms with Crippen molar-refractivity contribution in [1.82, 2.24) is 10.2 Å². The van der Waals surface area contributed by atoms with Crippen molar-refractivity contribution in [2.24, 2.45) is 0 Å². The molecule has 10 heteroatoms. The van der Waals surface area contributed by atoms with E-state index in [-0.39, 0.29) is 18.5 Å². The zero-order valence-corrected chi connectivity index (χ0v) is 23.0. The largest absolute Gasteiger partial charge is 0.352 e. The zero-order valence-electron chi connectivity index (χ0n) is 20.7. The van der Waals surface area contributed by atoms with Crippen molar-refractivity contribution in [2.45, 2.75) is 59.2 Å². The number of nitrogens with zero attached hydrogens (tertiary/aromatic N) is 2. The minimum atomic E-state index is -3.79. The van der Waals surface area contributed by atoms with Crippen LogP contribution in [0.25, 0.3) is 0 Å². The molecule has 0 fully saturated rings. The van der Waals surface area contributed by atoms with E-state index in [1.54, 1.807) is 43.3 Å². The van der Waals surface area contributed by atoms with Gasteiger partial charge in [-0.25, -0.2) is 8.42 Å². The number of hydrogen-bond acceptors (Lipinski definition) is 4. The number of amides is 2. The molecule has 0 spiro atoms. The summed E-state index contributed by atoms with van der Waals surface area (Å²) >= 11 is 12.7. The van der Waals surface area contributed by atoms with Crippen LogP contribution < -0.4 is 9.62 Å². The Bertz CT molecular complexity index is 1140. The summed E-state index contributed by atoms with van der Waals surface area (Å²) in [6.07, 6.45) is 2.09. The fourth-order valence-electron chi connectivity index (χ4n) is 3.61. The predicted molar refractivity (Wildman–Crippen MR) is 142 cm³/mol. The molecule has 0 bridgehead atoms. The molecule has 2 amide bonds. The second kappa shape index (κ2) is 12.6.